The lowest BCUT2D eigenvalue weighted by Gasteiger charge is -2.23. The van der Waals surface area contributed by atoms with E-state index in [1.54, 1.807) is 24.3 Å². The third kappa shape index (κ3) is 8.10. The monoisotopic (exact) mass is 427 g/mol. The molecule has 0 heterocycles. The molecule has 0 fully saturated rings. The number of rotatable bonds is 10. The predicted octanol–water partition coefficient (Wildman–Crippen LogP) is 3.55. The van der Waals surface area contributed by atoms with Gasteiger partial charge in [-0.05, 0) is 29.7 Å². The third-order valence-corrected chi connectivity index (χ3v) is 4.67. The van der Waals surface area contributed by atoms with Crippen LogP contribution < -0.4 is 16.0 Å². The first-order chi connectivity index (χ1) is 14.9. The van der Waals surface area contributed by atoms with Crippen molar-refractivity contribution in [3.63, 3.8) is 0 Å². The van der Waals surface area contributed by atoms with E-state index in [1.807, 2.05) is 44.2 Å². The average molecular weight is 428 g/mol. The lowest BCUT2D eigenvalue weighted by Crippen LogP contribution is -2.47. The molecule has 0 aliphatic rings. The summed E-state index contributed by atoms with van der Waals surface area (Å²) in [7, 11) is 1.43. The fourth-order valence-corrected chi connectivity index (χ4v) is 2.82. The summed E-state index contributed by atoms with van der Waals surface area (Å²) in [4.78, 5) is 36.8. The fraction of sp³-hybridized carbons (Fsp3) is 0.348. The molecule has 0 bridgehead atoms. The standard InChI is InChI=1S/C23H29N3O5/c1-4-16(2)21(26-23(29)31-14-17-9-6-5-7-10-17)22(28)25-19-12-8-11-18(13-19)24-20(27)15-30-3/h5-13,16,21H,4,14-15H2,1-3H3,(H,24,27)(H,25,28)(H,26,29)/t16-,21-/m0/s1. The number of alkyl carbamates (subject to hydrolysis) is 1. The van der Waals surface area contributed by atoms with Gasteiger partial charge in [-0.1, -0.05) is 56.7 Å². The highest BCUT2D eigenvalue weighted by molar-refractivity contribution is 5.98. The summed E-state index contributed by atoms with van der Waals surface area (Å²) >= 11 is 0. The van der Waals surface area contributed by atoms with Gasteiger partial charge in [0.1, 0.15) is 19.3 Å². The van der Waals surface area contributed by atoms with Gasteiger partial charge in [0.25, 0.3) is 0 Å². The second-order valence-electron chi connectivity index (χ2n) is 7.12. The van der Waals surface area contributed by atoms with Gasteiger partial charge in [0, 0.05) is 18.5 Å². The lowest BCUT2D eigenvalue weighted by molar-refractivity contribution is -0.120. The van der Waals surface area contributed by atoms with E-state index in [9.17, 15) is 14.4 Å². The Balaban J connectivity index is 1.99. The fourth-order valence-electron chi connectivity index (χ4n) is 2.82. The van der Waals surface area contributed by atoms with Crippen LogP contribution in [0.4, 0.5) is 16.2 Å². The lowest BCUT2D eigenvalue weighted by atomic mass is 9.98. The van der Waals surface area contributed by atoms with E-state index >= 15 is 0 Å². The molecule has 3 amide bonds. The highest BCUT2D eigenvalue weighted by atomic mass is 16.5. The molecule has 0 saturated carbocycles. The number of benzene rings is 2. The summed E-state index contributed by atoms with van der Waals surface area (Å²) in [5.74, 6) is -0.786. The van der Waals surface area contributed by atoms with Crippen molar-refractivity contribution >= 4 is 29.3 Å². The number of carbonyl (C=O) groups is 3. The molecule has 2 aromatic rings. The summed E-state index contributed by atoms with van der Waals surface area (Å²) in [6, 6.07) is 15.3. The quantitative estimate of drug-likeness (QED) is 0.538. The van der Waals surface area contributed by atoms with Crippen LogP contribution >= 0.6 is 0 Å². The highest BCUT2D eigenvalue weighted by Gasteiger charge is 2.26. The predicted molar refractivity (Wildman–Crippen MR) is 119 cm³/mol. The van der Waals surface area contributed by atoms with Crippen LogP contribution in [0.25, 0.3) is 0 Å². The van der Waals surface area contributed by atoms with Gasteiger partial charge in [-0.2, -0.15) is 0 Å². The zero-order chi connectivity index (χ0) is 22.6. The van der Waals surface area contributed by atoms with Gasteiger partial charge in [0.15, 0.2) is 0 Å². The number of ether oxygens (including phenoxy) is 2. The molecular weight excluding hydrogens is 398 g/mol. The number of hydrogen-bond acceptors (Lipinski definition) is 5. The van der Waals surface area contributed by atoms with Gasteiger partial charge in [-0.3, -0.25) is 9.59 Å². The van der Waals surface area contributed by atoms with E-state index in [2.05, 4.69) is 16.0 Å². The first kappa shape index (κ1) is 23.9. The molecule has 31 heavy (non-hydrogen) atoms. The molecule has 0 saturated heterocycles. The molecule has 8 nitrogen and oxygen atoms in total. The highest BCUT2D eigenvalue weighted by Crippen LogP contribution is 2.17. The molecule has 0 radical (unpaired) electrons. The number of nitrogens with one attached hydrogen (secondary N) is 3. The first-order valence-electron chi connectivity index (χ1n) is 10.1. The molecule has 0 aromatic heterocycles. The van der Waals surface area contributed by atoms with Crippen LogP contribution in [0.5, 0.6) is 0 Å². The zero-order valence-electron chi connectivity index (χ0n) is 18.0. The molecule has 0 aliphatic carbocycles. The Labute approximate surface area is 182 Å². The Bertz CT molecular complexity index is 873. The summed E-state index contributed by atoms with van der Waals surface area (Å²) in [6.45, 7) is 3.86. The van der Waals surface area contributed by atoms with E-state index < -0.39 is 12.1 Å². The Morgan fingerprint density at radius 1 is 0.968 bits per heavy atom. The normalized spacial score (nSPS) is 12.4. The largest absolute Gasteiger partial charge is 0.445 e. The smallest absolute Gasteiger partial charge is 0.408 e. The molecule has 166 valence electrons. The van der Waals surface area contributed by atoms with Crippen LogP contribution in [-0.2, 0) is 25.7 Å². The maximum absolute atomic E-state index is 12.9. The Kier molecular flexibility index (Phi) is 9.51. The number of hydrogen-bond donors (Lipinski definition) is 3. The first-order valence-corrected chi connectivity index (χ1v) is 10.1. The number of anilines is 2. The molecule has 2 aromatic carbocycles. The average Bonchev–Trinajstić information content (AvgIpc) is 2.76. The molecule has 2 atom stereocenters. The number of carbonyl (C=O) groups excluding carboxylic acids is 3. The van der Waals surface area contributed by atoms with E-state index in [-0.39, 0.29) is 30.9 Å². The van der Waals surface area contributed by atoms with Crippen LogP contribution in [0, 0.1) is 5.92 Å². The van der Waals surface area contributed by atoms with Crippen molar-refractivity contribution < 1.29 is 23.9 Å². The topological polar surface area (TPSA) is 106 Å². The van der Waals surface area contributed by atoms with Gasteiger partial charge >= 0.3 is 6.09 Å². The van der Waals surface area contributed by atoms with E-state index in [0.29, 0.717) is 17.8 Å². The summed E-state index contributed by atoms with van der Waals surface area (Å²) < 4.78 is 10.0. The molecule has 0 aliphatic heterocycles. The second kappa shape index (κ2) is 12.3. The van der Waals surface area contributed by atoms with Crippen molar-refractivity contribution in [1.29, 1.82) is 0 Å². The summed E-state index contributed by atoms with van der Waals surface area (Å²) in [5, 5.41) is 8.13. The molecule has 0 unspecified atom stereocenters. The minimum atomic E-state index is -0.778. The number of amides is 3. The minimum absolute atomic E-state index is 0.0678. The minimum Gasteiger partial charge on any atom is -0.445 e. The van der Waals surface area contributed by atoms with Crippen LogP contribution in [0.2, 0.25) is 0 Å². The van der Waals surface area contributed by atoms with Crippen LogP contribution in [0.1, 0.15) is 25.8 Å². The maximum atomic E-state index is 12.9. The van der Waals surface area contributed by atoms with E-state index in [4.69, 9.17) is 9.47 Å². The van der Waals surface area contributed by atoms with Crippen molar-refractivity contribution in [3.8, 4) is 0 Å². The van der Waals surface area contributed by atoms with Crippen LogP contribution in [-0.4, -0.2) is 37.7 Å². The van der Waals surface area contributed by atoms with E-state index in [1.165, 1.54) is 7.11 Å². The maximum Gasteiger partial charge on any atom is 0.408 e. The zero-order valence-corrected chi connectivity index (χ0v) is 18.0. The Hall–Kier alpha value is -3.39. The van der Waals surface area contributed by atoms with Crippen LogP contribution in [0.15, 0.2) is 54.6 Å². The van der Waals surface area contributed by atoms with Gasteiger partial charge < -0.3 is 25.4 Å². The van der Waals surface area contributed by atoms with Crippen molar-refractivity contribution in [2.45, 2.75) is 32.9 Å². The molecule has 0 spiro atoms. The van der Waals surface area contributed by atoms with Gasteiger partial charge in [0.05, 0.1) is 0 Å². The summed E-state index contributed by atoms with van der Waals surface area (Å²) in [5.41, 5.74) is 1.87. The van der Waals surface area contributed by atoms with Gasteiger partial charge in [0.2, 0.25) is 11.8 Å². The van der Waals surface area contributed by atoms with Crippen molar-refractivity contribution in [1.82, 2.24) is 5.32 Å². The SMILES string of the molecule is CC[C@H](C)[C@H](NC(=O)OCc1ccccc1)C(=O)Nc1cccc(NC(=O)COC)c1. The van der Waals surface area contributed by atoms with Crippen molar-refractivity contribution in [2.24, 2.45) is 5.92 Å². The van der Waals surface area contributed by atoms with E-state index in [0.717, 1.165) is 5.56 Å². The number of methoxy groups -OCH3 is 1. The Morgan fingerprint density at radius 3 is 2.29 bits per heavy atom. The van der Waals surface area contributed by atoms with Crippen molar-refractivity contribution in [2.75, 3.05) is 24.4 Å². The molecule has 2 rings (SSSR count). The molecule has 3 N–H and O–H groups in total. The second-order valence-corrected chi connectivity index (χ2v) is 7.12. The molecule has 8 heteroatoms. The van der Waals surface area contributed by atoms with Crippen molar-refractivity contribution in [3.05, 3.63) is 60.2 Å². The third-order valence-electron chi connectivity index (χ3n) is 4.67. The van der Waals surface area contributed by atoms with Gasteiger partial charge in [-0.25, -0.2) is 4.79 Å². The van der Waals surface area contributed by atoms with Crippen LogP contribution in [0.3, 0.4) is 0 Å². The molecular formula is C23H29N3O5. The summed E-state index contributed by atoms with van der Waals surface area (Å²) in [6.07, 6.45) is 0.0225. The Morgan fingerprint density at radius 2 is 1.65 bits per heavy atom. The van der Waals surface area contributed by atoms with Gasteiger partial charge in [-0.15, -0.1) is 0 Å².